The monoisotopic (exact) mass is 249 g/mol. The summed E-state index contributed by atoms with van der Waals surface area (Å²) in [6.45, 7) is 5.14. The summed E-state index contributed by atoms with van der Waals surface area (Å²) in [5, 5.41) is 12.5. The number of hydrogen-bond acceptors (Lipinski definition) is 3. The highest BCUT2D eigenvalue weighted by molar-refractivity contribution is 5.21. The first kappa shape index (κ1) is 13.5. The van der Waals surface area contributed by atoms with Crippen molar-refractivity contribution < 1.29 is 9.84 Å². The van der Waals surface area contributed by atoms with Gasteiger partial charge in [-0.05, 0) is 29.9 Å². The molecule has 0 aromatic heterocycles. The van der Waals surface area contributed by atoms with E-state index in [-0.39, 0.29) is 6.61 Å². The second-order valence-electron chi connectivity index (χ2n) is 4.97. The second-order valence-corrected chi connectivity index (χ2v) is 4.97. The summed E-state index contributed by atoms with van der Waals surface area (Å²) in [5.41, 5.74) is 2.23. The Balaban J connectivity index is 1.74. The second kappa shape index (κ2) is 6.88. The van der Waals surface area contributed by atoms with Gasteiger partial charge in [-0.15, -0.1) is 0 Å². The molecule has 3 nitrogen and oxygen atoms in total. The normalized spacial score (nSPS) is 23.4. The molecule has 0 spiro atoms. The number of ether oxygens (including phenoxy) is 1. The van der Waals surface area contributed by atoms with Gasteiger partial charge in [0.05, 0.1) is 12.7 Å². The van der Waals surface area contributed by atoms with Gasteiger partial charge in [0.1, 0.15) is 0 Å². The molecule has 2 rings (SSSR count). The summed E-state index contributed by atoms with van der Waals surface area (Å²) in [5.74, 6) is 0.659. The van der Waals surface area contributed by atoms with Crippen LogP contribution in [0.5, 0.6) is 0 Å². The summed E-state index contributed by atoms with van der Waals surface area (Å²) in [6, 6.07) is 8.09. The minimum absolute atomic E-state index is 0.116. The van der Waals surface area contributed by atoms with E-state index < -0.39 is 0 Å². The predicted molar refractivity (Wildman–Crippen MR) is 72.2 cm³/mol. The van der Waals surface area contributed by atoms with Crippen molar-refractivity contribution in [3.63, 3.8) is 0 Å². The molecular weight excluding hydrogens is 226 g/mol. The van der Waals surface area contributed by atoms with Crippen molar-refractivity contribution in [2.75, 3.05) is 13.2 Å². The van der Waals surface area contributed by atoms with Crippen LogP contribution in [-0.2, 0) is 17.9 Å². The quantitative estimate of drug-likeness (QED) is 0.811. The Morgan fingerprint density at radius 3 is 2.67 bits per heavy atom. The summed E-state index contributed by atoms with van der Waals surface area (Å²) in [4.78, 5) is 0. The van der Waals surface area contributed by atoms with Crippen molar-refractivity contribution >= 4 is 0 Å². The van der Waals surface area contributed by atoms with Crippen LogP contribution in [0.1, 0.15) is 30.9 Å². The fraction of sp³-hybridized carbons (Fsp3) is 0.600. The summed E-state index contributed by atoms with van der Waals surface area (Å²) in [7, 11) is 0. The van der Waals surface area contributed by atoms with Crippen LogP contribution in [0.15, 0.2) is 24.3 Å². The van der Waals surface area contributed by atoms with Crippen molar-refractivity contribution in [2.45, 2.75) is 39.0 Å². The lowest BCUT2D eigenvalue weighted by Gasteiger charge is -2.17. The third-order valence-electron chi connectivity index (χ3n) is 3.69. The molecule has 1 aliphatic rings. The van der Waals surface area contributed by atoms with E-state index in [0.717, 1.165) is 31.7 Å². The average Bonchev–Trinajstić information content (AvgIpc) is 2.87. The van der Waals surface area contributed by atoms with Crippen molar-refractivity contribution in [3.05, 3.63) is 35.4 Å². The van der Waals surface area contributed by atoms with Crippen LogP contribution >= 0.6 is 0 Å². The molecule has 18 heavy (non-hydrogen) atoms. The Labute approximate surface area is 109 Å². The van der Waals surface area contributed by atoms with E-state index in [9.17, 15) is 0 Å². The maximum Gasteiger partial charge on any atom is 0.0681 e. The number of nitrogens with one attached hydrogen (secondary N) is 1. The fourth-order valence-electron chi connectivity index (χ4n) is 2.54. The Morgan fingerprint density at radius 2 is 2.00 bits per heavy atom. The molecule has 0 radical (unpaired) electrons. The maximum absolute atomic E-state index is 8.97. The number of rotatable bonds is 6. The van der Waals surface area contributed by atoms with Crippen molar-refractivity contribution in [3.8, 4) is 0 Å². The summed E-state index contributed by atoms with van der Waals surface area (Å²) < 4.78 is 5.68. The van der Waals surface area contributed by atoms with Gasteiger partial charge in [-0.25, -0.2) is 0 Å². The van der Waals surface area contributed by atoms with Crippen LogP contribution in [0, 0.1) is 5.92 Å². The van der Waals surface area contributed by atoms with Crippen molar-refractivity contribution in [1.29, 1.82) is 0 Å². The summed E-state index contributed by atoms with van der Waals surface area (Å²) >= 11 is 0. The predicted octanol–water partition coefficient (Wildman–Crippen LogP) is 2.08. The molecule has 100 valence electrons. The fourth-order valence-corrected chi connectivity index (χ4v) is 2.54. The van der Waals surface area contributed by atoms with Gasteiger partial charge in [-0.2, -0.15) is 0 Å². The summed E-state index contributed by atoms with van der Waals surface area (Å²) in [6.07, 6.45) is 2.72. The maximum atomic E-state index is 8.97. The molecule has 0 amide bonds. The molecule has 1 heterocycles. The number of benzene rings is 1. The molecule has 1 saturated heterocycles. The molecule has 1 fully saturated rings. The zero-order chi connectivity index (χ0) is 12.8. The highest BCUT2D eigenvalue weighted by atomic mass is 16.5. The molecular formula is C15H23NO2. The first-order valence-electron chi connectivity index (χ1n) is 6.84. The minimum atomic E-state index is 0.116. The SMILES string of the molecule is CCC1OCCC1CNCc1ccc(CO)cc1. The molecule has 0 bridgehead atoms. The van der Waals surface area contributed by atoms with Crippen molar-refractivity contribution in [2.24, 2.45) is 5.92 Å². The minimum Gasteiger partial charge on any atom is -0.392 e. The average molecular weight is 249 g/mol. The highest BCUT2D eigenvalue weighted by Crippen LogP contribution is 2.22. The Bertz CT molecular complexity index is 350. The smallest absolute Gasteiger partial charge is 0.0681 e. The molecule has 1 aromatic carbocycles. The van der Waals surface area contributed by atoms with E-state index in [1.807, 2.05) is 12.1 Å². The standard InChI is InChI=1S/C15H23NO2/c1-2-15-14(7-8-18-15)10-16-9-12-3-5-13(11-17)6-4-12/h3-6,14-17H,2,7-11H2,1H3. The van der Waals surface area contributed by atoms with Crippen LogP contribution in [0.4, 0.5) is 0 Å². The largest absolute Gasteiger partial charge is 0.392 e. The van der Waals surface area contributed by atoms with Gasteiger partial charge in [0.2, 0.25) is 0 Å². The molecule has 1 aliphatic heterocycles. The molecule has 0 saturated carbocycles. The number of hydrogen-bond donors (Lipinski definition) is 2. The van der Waals surface area contributed by atoms with Gasteiger partial charge >= 0.3 is 0 Å². The zero-order valence-electron chi connectivity index (χ0n) is 11.1. The molecule has 3 heteroatoms. The molecule has 1 aromatic rings. The van der Waals surface area contributed by atoms with E-state index in [1.165, 1.54) is 12.0 Å². The van der Waals surface area contributed by atoms with Crippen LogP contribution in [0.25, 0.3) is 0 Å². The Hall–Kier alpha value is -0.900. The third-order valence-corrected chi connectivity index (χ3v) is 3.69. The van der Waals surface area contributed by atoms with E-state index in [1.54, 1.807) is 0 Å². The molecule has 2 N–H and O–H groups in total. The van der Waals surface area contributed by atoms with E-state index >= 15 is 0 Å². The lowest BCUT2D eigenvalue weighted by molar-refractivity contribution is 0.0872. The lowest BCUT2D eigenvalue weighted by Crippen LogP contribution is -2.27. The Morgan fingerprint density at radius 1 is 1.28 bits per heavy atom. The van der Waals surface area contributed by atoms with E-state index in [0.29, 0.717) is 12.0 Å². The van der Waals surface area contributed by atoms with Crippen LogP contribution in [0.3, 0.4) is 0 Å². The molecule has 0 aliphatic carbocycles. The number of aliphatic hydroxyl groups excluding tert-OH is 1. The Kier molecular flexibility index (Phi) is 5.17. The highest BCUT2D eigenvalue weighted by Gasteiger charge is 2.25. The first-order chi connectivity index (χ1) is 8.83. The molecule has 2 unspecified atom stereocenters. The lowest BCUT2D eigenvalue weighted by atomic mass is 9.99. The van der Waals surface area contributed by atoms with Crippen LogP contribution < -0.4 is 5.32 Å². The number of aliphatic hydroxyl groups is 1. The molecule has 2 atom stereocenters. The van der Waals surface area contributed by atoms with Crippen LogP contribution in [-0.4, -0.2) is 24.4 Å². The van der Waals surface area contributed by atoms with Gasteiger partial charge in [0.25, 0.3) is 0 Å². The van der Waals surface area contributed by atoms with Gasteiger partial charge < -0.3 is 15.2 Å². The topological polar surface area (TPSA) is 41.5 Å². The van der Waals surface area contributed by atoms with Gasteiger partial charge in [-0.1, -0.05) is 31.2 Å². The van der Waals surface area contributed by atoms with Gasteiger partial charge in [0, 0.05) is 19.7 Å². The van der Waals surface area contributed by atoms with Gasteiger partial charge in [-0.3, -0.25) is 0 Å². The van der Waals surface area contributed by atoms with E-state index in [4.69, 9.17) is 9.84 Å². The van der Waals surface area contributed by atoms with Crippen molar-refractivity contribution in [1.82, 2.24) is 5.32 Å². The van der Waals surface area contributed by atoms with E-state index in [2.05, 4.69) is 24.4 Å². The zero-order valence-corrected chi connectivity index (χ0v) is 11.1. The first-order valence-corrected chi connectivity index (χ1v) is 6.84. The van der Waals surface area contributed by atoms with Crippen LogP contribution in [0.2, 0.25) is 0 Å². The van der Waals surface area contributed by atoms with Gasteiger partial charge in [0.15, 0.2) is 0 Å². The third kappa shape index (κ3) is 3.55.